The third kappa shape index (κ3) is 5.64. The van der Waals surface area contributed by atoms with Crippen LogP contribution in [0.4, 0.5) is 5.69 Å². The molecule has 1 atom stereocenters. The number of hydrogen-bond acceptors (Lipinski definition) is 3. The summed E-state index contributed by atoms with van der Waals surface area (Å²) in [4.78, 5) is 14.3. The first-order chi connectivity index (χ1) is 9.56. The zero-order valence-corrected chi connectivity index (χ0v) is 14.2. The molecule has 1 aliphatic rings. The summed E-state index contributed by atoms with van der Waals surface area (Å²) in [5.74, 6) is -0.0418. The summed E-state index contributed by atoms with van der Waals surface area (Å²) in [6, 6.07) is 5.50. The second-order valence-electron chi connectivity index (χ2n) is 5.01. The van der Waals surface area contributed by atoms with Crippen LogP contribution in [0.1, 0.15) is 13.3 Å². The van der Waals surface area contributed by atoms with E-state index in [0.717, 1.165) is 26.2 Å². The summed E-state index contributed by atoms with van der Waals surface area (Å²) < 4.78 is 0. The first kappa shape index (κ1) is 18.5. The van der Waals surface area contributed by atoms with Gasteiger partial charge in [-0.05, 0) is 25.1 Å². The Morgan fingerprint density at radius 1 is 1.48 bits per heavy atom. The highest BCUT2D eigenvalue weighted by Gasteiger charge is 2.18. The van der Waals surface area contributed by atoms with E-state index in [-0.39, 0.29) is 18.3 Å². The van der Waals surface area contributed by atoms with E-state index in [1.165, 1.54) is 0 Å². The number of anilines is 1. The van der Waals surface area contributed by atoms with Gasteiger partial charge in [-0.25, -0.2) is 0 Å². The van der Waals surface area contributed by atoms with Crippen LogP contribution in [-0.2, 0) is 4.79 Å². The normalized spacial score (nSPS) is 18.9. The van der Waals surface area contributed by atoms with Crippen LogP contribution in [-0.4, -0.2) is 43.0 Å². The molecule has 0 aliphatic carbocycles. The Bertz CT molecular complexity index is 485. The second-order valence-corrected chi connectivity index (χ2v) is 5.86. The highest BCUT2D eigenvalue weighted by atomic mass is 35.5. The molecule has 0 aromatic heterocycles. The third-order valence-electron chi connectivity index (χ3n) is 3.47. The lowest BCUT2D eigenvalue weighted by Gasteiger charge is -2.33. The fourth-order valence-corrected chi connectivity index (χ4v) is 2.60. The molecule has 2 N–H and O–H groups in total. The number of piperazine rings is 1. The Morgan fingerprint density at radius 3 is 2.95 bits per heavy atom. The topological polar surface area (TPSA) is 44.4 Å². The first-order valence-electron chi connectivity index (χ1n) is 6.76. The predicted molar refractivity (Wildman–Crippen MR) is 90.9 cm³/mol. The molecule has 1 aromatic carbocycles. The van der Waals surface area contributed by atoms with Gasteiger partial charge < -0.3 is 10.6 Å². The van der Waals surface area contributed by atoms with Crippen molar-refractivity contribution in [3.63, 3.8) is 0 Å². The van der Waals surface area contributed by atoms with Gasteiger partial charge in [0.15, 0.2) is 0 Å². The van der Waals surface area contributed by atoms with Crippen LogP contribution in [0, 0.1) is 0 Å². The van der Waals surface area contributed by atoms with E-state index in [4.69, 9.17) is 23.2 Å². The molecule has 0 saturated carbocycles. The summed E-state index contributed by atoms with van der Waals surface area (Å²) in [7, 11) is 0. The van der Waals surface area contributed by atoms with Crippen LogP contribution < -0.4 is 10.6 Å². The number of carbonyl (C=O) groups is 1. The number of hydrogen-bond donors (Lipinski definition) is 2. The highest BCUT2D eigenvalue weighted by Crippen LogP contribution is 2.25. The molecule has 7 heteroatoms. The standard InChI is InChI=1S/C14H19Cl2N3O.ClH/c1-10-9-17-5-7-19(10)6-4-14(20)18-13-8-11(15)2-3-12(13)16;/h2-3,8,10,17H,4-7,9H2,1H3,(H,18,20);1H. The van der Waals surface area contributed by atoms with Crippen LogP contribution in [0.2, 0.25) is 10.0 Å². The Balaban J connectivity index is 0.00000220. The van der Waals surface area contributed by atoms with Crippen molar-refractivity contribution < 1.29 is 4.79 Å². The third-order valence-corrected chi connectivity index (χ3v) is 4.03. The van der Waals surface area contributed by atoms with Gasteiger partial charge >= 0.3 is 0 Å². The van der Waals surface area contributed by atoms with Gasteiger partial charge in [0.1, 0.15) is 0 Å². The van der Waals surface area contributed by atoms with E-state index in [2.05, 4.69) is 22.5 Å². The summed E-state index contributed by atoms with van der Waals surface area (Å²) in [6.45, 7) is 5.85. The van der Waals surface area contributed by atoms with E-state index < -0.39 is 0 Å². The Hall–Kier alpha value is -0.520. The molecule has 1 aliphatic heterocycles. The van der Waals surface area contributed by atoms with E-state index in [0.29, 0.717) is 28.2 Å². The average molecular weight is 353 g/mol. The Kier molecular flexibility index (Phi) is 7.77. The largest absolute Gasteiger partial charge is 0.325 e. The maximum Gasteiger partial charge on any atom is 0.225 e. The Labute approximate surface area is 141 Å². The van der Waals surface area contributed by atoms with Crippen molar-refractivity contribution in [1.82, 2.24) is 10.2 Å². The molecular weight excluding hydrogens is 333 g/mol. The second kappa shape index (κ2) is 8.81. The lowest BCUT2D eigenvalue weighted by molar-refractivity contribution is -0.116. The first-order valence-corrected chi connectivity index (χ1v) is 7.51. The monoisotopic (exact) mass is 351 g/mol. The molecule has 1 heterocycles. The van der Waals surface area contributed by atoms with Crippen molar-refractivity contribution in [2.75, 3.05) is 31.5 Å². The van der Waals surface area contributed by atoms with Gasteiger partial charge in [0.2, 0.25) is 5.91 Å². The van der Waals surface area contributed by atoms with Crippen molar-refractivity contribution in [2.24, 2.45) is 0 Å². The van der Waals surface area contributed by atoms with Crippen molar-refractivity contribution >= 4 is 47.2 Å². The van der Waals surface area contributed by atoms with Gasteiger partial charge in [-0.15, -0.1) is 12.4 Å². The molecule has 0 bridgehead atoms. The van der Waals surface area contributed by atoms with Crippen LogP contribution in [0.3, 0.4) is 0 Å². The van der Waals surface area contributed by atoms with Gasteiger partial charge in [-0.3, -0.25) is 9.69 Å². The zero-order valence-electron chi connectivity index (χ0n) is 11.9. The summed E-state index contributed by atoms with van der Waals surface area (Å²) in [6.07, 6.45) is 0.452. The van der Waals surface area contributed by atoms with E-state index in [1.54, 1.807) is 18.2 Å². The van der Waals surface area contributed by atoms with Gasteiger partial charge in [-0.2, -0.15) is 0 Å². The lowest BCUT2D eigenvalue weighted by Crippen LogP contribution is -2.50. The molecule has 1 saturated heterocycles. The van der Waals surface area contributed by atoms with Crippen LogP contribution in [0.15, 0.2) is 18.2 Å². The summed E-state index contributed by atoms with van der Waals surface area (Å²) >= 11 is 11.9. The minimum absolute atomic E-state index is 0. The lowest BCUT2D eigenvalue weighted by atomic mass is 10.2. The molecule has 0 radical (unpaired) electrons. The van der Waals surface area contributed by atoms with E-state index >= 15 is 0 Å². The van der Waals surface area contributed by atoms with Crippen LogP contribution in [0.25, 0.3) is 0 Å². The molecule has 21 heavy (non-hydrogen) atoms. The van der Waals surface area contributed by atoms with Gasteiger partial charge in [0.05, 0.1) is 10.7 Å². The molecular formula is C14H20Cl3N3O. The maximum absolute atomic E-state index is 12.0. The van der Waals surface area contributed by atoms with Crippen LogP contribution in [0.5, 0.6) is 0 Å². The smallest absolute Gasteiger partial charge is 0.225 e. The number of nitrogens with one attached hydrogen (secondary N) is 2. The SMILES string of the molecule is CC1CNCCN1CCC(=O)Nc1cc(Cl)ccc1Cl.Cl. The molecule has 2 rings (SSSR count). The van der Waals surface area contributed by atoms with Gasteiger partial charge in [0.25, 0.3) is 0 Å². The minimum Gasteiger partial charge on any atom is -0.325 e. The number of nitrogens with zero attached hydrogens (tertiary/aromatic N) is 1. The minimum atomic E-state index is -0.0418. The van der Waals surface area contributed by atoms with Crippen molar-refractivity contribution in [1.29, 1.82) is 0 Å². The van der Waals surface area contributed by atoms with E-state index in [1.807, 2.05) is 0 Å². The maximum atomic E-state index is 12.0. The molecule has 118 valence electrons. The van der Waals surface area contributed by atoms with Crippen molar-refractivity contribution in [3.05, 3.63) is 28.2 Å². The molecule has 0 spiro atoms. The average Bonchev–Trinajstić information content (AvgIpc) is 2.42. The van der Waals surface area contributed by atoms with E-state index in [9.17, 15) is 4.79 Å². The molecule has 1 unspecified atom stereocenters. The quantitative estimate of drug-likeness (QED) is 0.875. The van der Waals surface area contributed by atoms with Crippen molar-refractivity contribution in [2.45, 2.75) is 19.4 Å². The number of carbonyl (C=O) groups excluding carboxylic acids is 1. The summed E-state index contributed by atoms with van der Waals surface area (Å²) in [5, 5.41) is 7.19. The Morgan fingerprint density at radius 2 is 2.24 bits per heavy atom. The predicted octanol–water partition coefficient (Wildman–Crippen LogP) is 3.04. The summed E-state index contributed by atoms with van der Waals surface area (Å²) in [5.41, 5.74) is 0.567. The number of rotatable bonds is 4. The highest BCUT2D eigenvalue weighted by molar-refractivity contribution is 6.35. The molecule has 1 fully saturated rings. The van der Waals surface area contributed by atoms with Crippen molar-refractivity contribution in [3.8, 4) is 0 Å². The van der Waals surface area contributed by atoms with Gasteiger partial charge in [0, 0.05) is 43.7 Å². The zero-order chi connectivity index (χ0) is 14.5. The number of benzene rings is 1. The fraction of sp³-hybridized carbons (Fsp3) is 0.500. The van der Waals surface area contributed by atoms with Crippen LogP contribution >= 0.6 is 35.6 Å². The fourth-order valence-electron chi connectivity index (χ4n) is 2.27. The molecule has 1 aromatic rings. The number of amides is 1. The number of halogens is 3. The molecule has 1 amide bonds. The molecule has 4 nitrogen and oxygen atoms in total. The van der Waals surface area contributed by atoms with Gasteiger partial charge in [-0.1, -0.05) is 23.2 Å².